The average molecular weight is 445 g/mol. The Morgan fingerprint density at radius 1 is 1.10 bits per heavy atom. The summed E-state index contributed by atoms with van der Waals surface area (Å²) in [5.74, 6) is -0.352. The van der Waals surface area contributed by atoms with E-state index in [0.717, 1.165) is 24.8 Å². The van der Waals surface area contributed by atoms with E-state index in [2.05, 4.69) is 15.5 Å². The lowest BCUT2D eigenvalue weighted by atomic mass is 10.2. The molecule has 0 atom stereocenters. The maximum absolute atomic E-state index is 13.6. The highest BCUT2D eigenvalue weighted by atomic mass is 32.2. The number of nitrogens with zero attached hydrogens (tertiary/aromatic N) is 3. The van der Waals surface area contributed by atoms with Crippen molar-refractivity contribution in [1.82, 2.24) is 9.29 Å². The smallest absolute Gasteiger partial charge is 0.243 e. The summed E-state index contributed by atoms with van der Waals surface area (Å²) >= 11 is 1.34. The van der Waals surface area contributed by atoms with Gasteiger partial charge in [-0.15, -0.1) is 11.3 Å². The molecule has 2 heterocycles. The number of aromatic nitrogens is 1. The molecule has 1 aliphatic heterocycles. The standard InChI is InChI=1S/C21H21FN4O2S2/c22-19-10-3-2-7-17(19)14-23-25-21-24-20(15-29-21)16-8-6-9-18(13-16)30(27,28)26-11-4-1-5-12-26/h2-3,6-10,13-15H,1,4-5,11-12H2,(H,24,25)/b23-14+. The van der Waals surface area contributed by atoms with E-state index in [4.69, 9.17) is 0 Å². The number of rotatable bonds is 6. The third-order valence-electron chi connectivity index (χ3n) is 4.86. The van der Waals surface area contributed by atoms with E-state index < -0.39 is 10.0 Å². The highest BCUT2D eigenvalue weighted by Gasteiger charge is 2.26. The second-order valence-electron chi connectivity index (χ2n) is 6.92. The summed E-state index contributed by atoms with van der Waals surface area (Å²) in [6.07, 6.45) is 4.25. The van der Waals surface area contributed by atoms with E-state index in [9.17, 15) is 12.8 Å². The van der Waals surface area contributed by atoms with Crippen molar-refractivity contribution in [3.8, 4) is 11.3 Å². The van der Waals surface area contributed by atoms with Gasteiger partial charge in [0.05, 0.1) is 16.8 Å². The number of sulfonamides is 1. The first-order valence-electron chi connectivity index (χ1n) is 9.64. The second kappa shape index (κ2) is 9.03. The summed E-state index contributed by atoms with van der Waals surface area (Å²) in [6, 6.07) is 13.2. The molecule has 3 aromatic rings. The molecule has 4 rings (SSSR count). The summed E-state index contributed by atoms with van der Waals surface area (Å²) in [6.45, 7) is 1.13. The third kappa shape index (κ3) is 4.58. The maximum atomic E-state index is 13.6. The Morgan fingerprint density at radius 2 is 1.90 bits per heavy atom. The summed E-state index contributed by atoms with van der Waals surface area (Å²) in [5, 5.41) is 6.38. The van der Waals surface area contributed by atoms with Crippen molar-refractivity contribution in [3.05, 3.63) is 65.3 Å². The molecular formula is C21H21FN4O2S2. The van der Waals surface area contributed by atoms with Crippen LogP contribution >= 0.6 is 11.3 Å². The quantitative estimate of drug-likeness (QED) is 0.446. The fourth-order valence-corrected chi connectivity index (χ4v) is 5.50. The molecule has 30 heavy (non-hydrogen) atoms. The molecule has 0 spiro atoms. The number of anilines is 1. The molecule has 9 heteroatoms. The van der Waals surface area contributed by atoms with Crippen LogP contribution in [0.5, 0.6) is 0 Å². The Morgan fingerprint density at radius 3 is 2.70 bits per heavy atom. The van der Waals surface area contributed by atoms with E-state index in [1.807, 2.05) is 11.4 Å². The van der Waals surface area contributed by atoms with E-state index in [1.165, 1.54) is 23.6 Å². The van der Waals surface area contributed by atoms with Crippen LogP contribution in [0.4, 0.5) is 9.52 Å². The fourth-order valence-electron chi connectivity index (χ4n) is 3.26. The normalized spacial score (nSPS) is 15.5. The molecule has 0 bridgehead atoms. The van der Waals surface area contributed by atoms with Gasteiger partial charge >= 0.3 is 0 Å². The summed E-state index contributed by atoms with van der Waals surface area (Å²) < 4.78 is 41.0. The Kier molecular flexibility index (Phi) is 6.21. The molecule has 1 aliphatic rings. The zero-order valence-corrected chi connectivity index (χ0v) is 17.8. The van der Waals surface area contributed by atoms with Gasteiger partial charge in [0.25, 0.3) is 0 Å². The van der Waals surface area contributed by atoms with Crippen molar-refractivity contribution in [2.45, 2.75) is 24.2 Å². The number of piperidine rings is 1. The number of halogens is 1. The van der Waals surface area contributed by atoms with Crippen LogP contribution in [0.25, 0.3) is 11.3 Å². The van der Waals surface area contributed by atoms with Crippen LogP contribution in [0.2, 0.25) is 0 Å². The average Bonchev–Trinajstić information content (AvgIpc) is 3.25. The first-order chi connectivity index (χ1) is 14.5. The first kappa shape index (κ1) is 20.6. The number of thiazole rings is 1. The van der Waals surface area contributed by atoms with E-state index in [1.54, 1.807) is 40.7 Å². The number of hydrazone groups is 1. The minimum Gasteiger partial charge on any atom is -0.253 e. The topological polar surface area (TPSA) is 74.7 Å². The molecule has 6 nitrogen and oxygen atoms in total. The Hall–Kier alpha value is -2.62. The first-order valence-corrected chi connectivity index (χ1v) is 12.0. The molecule has 0 radical (unpaired) electrons. The van der Waals surface area contributed by atoms with Crippen LogP contribution in [-0.2, 0) is 10.0 Å². The number of hydrogen-bond donors (Lipinski definition) is 1. The minimum absolute atomic E-state index is 0.280. The number of nitrogens with one attached hydrogen (secondary N) is 1. The van der Waals surface area contributed by atoms with Crippen molar-refractivity contribution in [2.24, 2.45) is 5.10 Å². The second-order valence-corrected chi connectivity index (χ2v) is 9.72. The van der Waals surface area contributed by atoms with Gasteiger partial charge in [-0.2, -0.15) is 9.41 Å². The van der Waals surface area contributed by atoms with Crippen molar-refractivity contribution in [2.75, 3.05) is 18.5 Å². The zero-order chi connectivity index (χ0) is 21.0. The van der Waals surface area contributed by atoms with E-state index in [0.29, 0.717) is 29.5 Å². The predicted molar refractivity (Wildman–Crippen MR) is 118 cm³/mol. The summed E-state index contributed by atoms with van der Waals surface area (Å²) in [4.78, 5) is 4.74. The molecular weight excluding hydrogens is 423 g/mol. The Bertz CT molecular complexity index is 1160. The van der Waals surface area contributed by atoms with Gasteiger partial charge in [-0.25, -0.2) is 17.8 Å². The number of benzene rings is 2. The molecule has 1 N–H and O–H groups in total. The lowest BCUT2D eigenvalue weighted by molar-refractivity contribution is 0.346. The van der Waals surface area contributed by atoms with Gasteiger partial charge in [0.15, 0.2) is 0 Å². The lowest BCUT2D eigenvalue weighted by Crippen LogP contribution is -2.35. The van der Waals surface area contributed by atoms with Gasteiger partial charge in [0.1, 0.15) is 5.82 Å². The van der Waals surface area contributed by atoms with Crippen LogP contribution in [0.3, 0.4) is 0 Å². The van der Waals surface area contributed by atoms with Gasteiger partial charge in [0.2, 0.25) is 15.2 Å². The van der Waals surface area contributed by atoms with Crippen molar-refractivity contribution in [3.63, 3.8) is 0 Å². The van der Waals surface area contributed by atoms with Gasteiger partial charge < -0.3 is 0 Å². The molecule has 0 aliphatic carbocycles. The molecule has 156 valence electrons. The van der Waals surface area contributed by atoms with Gasteiger partial charge in [-0.3, -0.25) is 5.43 Å². The third-order valence-corrected chi connectivity index (χ3v) is 7.50. The monoisotopic (exact) mass is 444 g/mol. The van der Waals surface area contributed by atoms with E-state index >= 15 is 0 Å². The van der Waals surface area contributed by atoms with Gasteiger partial charge in [-0.1, -0.05) is 36.8 Å². The van der Waals surface area contributed by atoms with Crippen LogP contribution < -0.4 is 5.43 Å². The summed E-state index contributed by atoms with van der Waals surface area (Å²) in [5.41, 5.74) is 4.53. The lowest BCUT2D eigenvalue weighted by Gasteiger charge is -2.26. The van der Waals surface area contributed by atoms with Crippen molar-refractivity contribution in [1.29, 1.82) is 0 Å². The Labute approximate surface area is 179 Å². The SMILES string of the molecule is O=S(=O)(c1cccc(-c2csc(N/N=C/c3ccccc3F)n2)c1)N1CCCCC1. The molecule has 0 saturated carbocycles. The van der Waals surface area contributed by atoms with Crippen LogP contribution in [-0.4, -0.2) is 37.0 Å². The van der Waals surface area contributed by atoms with Gasteiger partial charge in [-0.05, 0) is 31.0 Å². The molecule has 0 unspecified atom stereocenters. The summed E-state index contributed by atoms with van der Waals surface area (Å²) in [7, 11) is -3.50. The molecule has 1 aromatic heterocycles. The van der Waals surface area contributed by atoms with Crippen molar-refractivity contribution < 1.29 is 12.8 Å². The predicted octanol–water partition coefficient (Wildman–Crippen LogP) is 4.57. The maximum Gasteiger partial charge on any atom is 0.243 e. The van der Waals surface area contributed by atoms with Crippen molar-refractivity contribution >= 4 is 32.7 Å². The minimum atomic E-state index is -3.50. The van der Waals surface area contributed by atoms with Gasteiger partial charge in [0, 0.05) is 29.6 Å². The van der Waals surface area contributed by atoms with Crippen LogP contribution in [0.1, 0.15) is 24.8 Å². The Balaban J connectivity index is 1.50. The van der Waals surface area contributed by atoms with E-state index in [-0.39, 0.29) is 10.7 Å². The van der Waals surface area contributed by atoms with Crippen LogP contribution in [0, 0.1) is 5.82 Å². The molecule has 2 aromatic carbocycles. The largest absolute Gasteiger partial charge is 0.253 e. The number of hydrogen-bond acceptors (Lipinski definition) is 6. The molecule has 1 saturated heterocycles. The fraction of sp³-hybridized carbons (Fsp3) is 0.238. The highest BCUT2D eigenvalue weighted by Crippen LogP contribution is 2.28. The molecule has 0 amide bonds. The highest BCUT2D eigenvalue weighted by molar-refractivity contribution is 7.89. The van der Waals surface area contributed by atoms with Crippen LogP contribution in [0.15, 0.2) is 63.9 Å². The zero-order valence-electron chi connectivity index (χ0n) is 16.2. The molecule has 1 fully saturated rings.